The maximum atomic E-state index is 12.6. The number of hydrogen-bond donors (Lipinski definition) is 1. The fourth-order valence-electron chi connectivity index (χ4n) is 5.51. The summed E-state index contributed by atoms with van der Waals surface area (Å²) < 4.78 is 47.0. The predicted octanol–water partition coefficient (Wildman–Crippen LogP) is 4.97. The Bertz CT molecular complexity index is 1300. The number of thiazole rings is 1. The van der Waals surface area contributed by atoms with Crippen molar-refractivity contribution in [1.82, 2.24) is 9.88 Å². The van der Waals surface area contributed by atoms with Gasteiger partial charge >= 0.3 is 6.36 Å². The van der Waals surface area contributed by atoms with Crippen molar-refractivity contribution in [2.75, 3.05) is 20.2 Å². The summed E-state index contributed by atoms with van der Waals surface area (Å²) in [6, 6.07) is 12.1. The number of amides is 1. The molecule has 2 N–H and O–H groups in total. The Morgan fingerprint density at radius 1 is 1.16 bits per heavy atom. The third kappa shape index (κ3) is 5.91. The van der Waals surface area contributed by atoms with Gasteiger partial charge in [-0.15, -0.1) is 24.5 Å². The quantitative estimate of drug-likeness (QED) is 0.422. The van der Waals surface area contributed by atoms with Crippen LogP contribution in [-0.4, -0.2) is 42.4 Å². The molecule has 1 saturated heterocycles. The van der Waals surface area contributed by atoms with E-state index in [1.165, 1.54) is 35.1 Å². The van der Waals surface area contributed by atoms with Crippen molar-refractivity contribution in [3.63, 3.8) is 0 Å². The lowest BCUT2D eigenvalue weighted by Crippen LogP contribution is -2.24. The lowest BCUT2D eigenvalue weighted by molar-refractivity contribution is -0.274. The van der Waals surface area contributed by atoms with E-state index in [4.69, 9.17) is 10.5 Å². The molecule has 1 saturated carbocycles. The third-order valence-corrected chi connectivity index (χ3v) is 8.27. The number of rotatable bonds is 9. The summed E-state index contributed by atoms with van der Waals surface area (Å²) in [4.78, 5) is 19.8. The molecule has 1 aliphatic carbocycles. The second kappa shape index (κ2) is 9.98. The number of primary amides is 1. The highest BCUT2D eigenvalue weighted by atomic mass is 32.1. The molecular weight excluding hydrogens is 503 g/mol. The molecule has 5 rings (SSSR count). The average molecular weight is 532 g/mol. The molecule has 2 fully saturated rings. The van der Waals surface area contributed by atoms with Crippen molar-refractivity contribution in [2.45, 2.75) is 32.7 Å². The fourth-order valence-corrected chi connectivity index (χ4v) is 6.69. The van der Waals surface area contributed by atoms with E-state index in [9.17, 15) is 18.0 Å². The number of carbonyl (C=O) groups excluding carboxylic acids is 1. The number of ether oxygens (including phenoxy) is 2. The maximum Gasteiger partial charge on any atom is 0.573 e. The van der Waals surface area contributed by atoms with Crippen molar-refractivity contribution < 1.29 is 27.4 Å². The van der Waals surface area contributed by atoms with E-state index in [1.54, 1.807) is 13.2 Å². The number of hydrogen-bond acceptors (Lipinski definition) is 6. The van der Waals surface area contributed by atoms with Crippen LogP contribution in [-0.2, 0) is 19.4 Å². The molecule has 2 heterocycles. The number of aromatic nitrogens is 1. The normalized spacial score (nSPS) is 21.1. The summed E-state index contributed by atoms with van der Waals surface area (Å²) >= 11 is 1.42. The van der Waals surface area contributed by atoms with E-state index in [0.717, 1.165) is 42.2 Å². The van der Waals surface area contributed by atoms with Crippen molar-refractivity contribution >= 4 is 17.2 Å². The molecule has 10 heteroatoms. The van der Waals surface area contributed by atoms with Gasteiger partial charge in [0.2, 0.25) is 0 Å². The number of carbonyl (C=O) groups is 1. The van der Waals surface area contributed by atoms with Crippen LogP contribution < -0.4 is 15.2 Å². The van der Waals surface area contributed by atoms with Gasteiger partial charge in [-0.25, -0.2) is 4.98 Å². The van der Waals surface area contributed by atoms with Gasteiger partial charge in [-0.1, -0.05) is 24.3 Å². The van der Waals surface area contributed by atoms with Gasteiger partial charge in [0, 0.05) is 30.9 Å². The van der Waals surface area contributed by atoms with E-state index in [1.807, 2.05) is 13.0 Å². The molecule has 0 bridgehead atoms. The number of benzene rings is 2. The molecule has 196 valence electrons. The van der Waals surface area contributed by atoms with E-state index in [-0.39, 0.29) is 11.4 Å². The zero-order valence-electron chi connectivity index (χ0n) is 20.5. The third-order valence-electron chi connectivity index (χ3n) is 7.20. The molecule has 1 aliphatic heterocycles. The molecule has 2 aliphatic rings. The van der Waals surface area contributed by atoms with Gasteiger partial charge in [-0.3, -0.25) is 9.69 Å². The van der Waals surface area contributed by atoms with Crippen molar-refractivity contribution in [1.29, 1.82) is 0 Å². The van der Waals surface area contributed by atoms with Gasteiger partial charge in [0.15, 0.2) is 0 Å². The Labute approximate surface area is 217 Å². The zero-order valence-corrected chi connectivity index (χ0v) is 21.4. The van der Waals surface area contributed by atoms with Crippen LogP contribution in [0.5, 0.6) is 11.5 Å². The van der Waals surface area contributed by atoms with Crippen molar-refractivity contribution in [2.24, 2.45) is 23.5 Å². The highest BCUT2D eigenvalue weighted by Crippen LogP contribution is 2.54. The predicted molar refractivity (Wildman–Crippen MR) is 134 cm³/mol. The van der Waals surface area contributed by atoms with Crippen LogP contribution >= 0.6 is 11.3 Å². The standard InChI is InChI=1S/C27H28F3N3O3S/c1-15-8-17(6-7-22(15)35-2)12-33-13-20-19(21(20)14-33)11-23-25(26(31)34)32-24(37-23)10-16-4-3-5-18(9-16)36-27(28,29)30/h3-9,19-21H,10-14H2,1-2H3,(H2,31,34). The lowest BCUT2D eigenvalue weighted by Gasteiger charge is -2.20. The molecule has 6 nitrogen and oxygen atoms in total. The minimum Gasteiger partial charge on any atom is -0.496 e. The van der Waals surface area contributed by atoms with Crippen LogP contribution in [0.3, 0.4) is 0 Å². The molecule has 0 spiro atoms. The first kappa shape index (κ1) is 25.5. The van der Waals surface area contributed by atoms with Crippen LogP contribution in [0.2, 0.25) is 0 Å². The number of nitrogens with two attached hydrogens (primary N) is 1. The van der Waals surface area contributed by atoms with E-state index in [2.05, 4.69) is 26.8 Å². The number of piperidine rings is 1. The first-order valence-electron chi connectivity index (χ1n) is 12.1. The van der Waals surface area contributed by atoms with Gasteiger partial charge < -0.3 is 15.2 Å². The first-order chi connectivity index (χ1) is 17.6. The smallest absolute Gasteiger partial charge is 0.496 e. The topological polar surface area (TPSA) is 77.7 Å². The number of alkyl halides is 3. The number of likely N-dealkylation sites (tertiary alicyclic amines) is 1. The number of methoxy groups -OCH3 is 1. The average Bonchev–Trinajstić information content (AvgIpc) is 3.12. The Hall–Kier alpha value is -3.11. The monoisotopic (exact) mass is 531 g/mol. The van der Waals surface area contributed by atoms with Crippen LogP contribution in [0.1, 0.15) is 37.1 Å². The molecule has 2 atom stereocenters. The molecule has 2 aromatic carbocycles. The summed E-state index contributed by atoms with van der Waals surface area (Å²) in [6.07, 6.45) is -3.71. The minimum atomic E-state index is -4.75. The summed E-state index contributed by atoms with van der Waals surface area (Å²) in [5, 5.41) is 0.648. The lowest BCUT2D eigenvalue weighted by atomic mass is 10.1. The van der Waals surface area contributed by atoms with Crippen LogP contribution in [0.4, 0.5) is 13.2 Å². The molecule has 0 radical (unpaired) electrons. The Kier molecular flexibility index (Phi) is 6.89. The summed E-state index contributed by atoms with van der Waals surface area (Å²) in [7, 11) is 1.68. The fraction of sp³-hybridized carbons (Fsp3) is 0.407. The highest BCUT2D eigenvalue weighted by molar-refractivity contribution is 7.12. The molecule has 2 unspecified atom stereocenters. The van der Waals surface area contributed by atoms with Crippen molar-refractivity contribution in [3.05, 3.63) is 74.7 Å². The molecule has 3 aromatic rings. The summed E-state index contributed by atoms with van der Waals surface area (Å²) in [5.41, 5.74) is 8.90. The van der Waals surface area contributed by atoms with Gasteiger partial charge in [0.05, 0.1) is 12.1 Å². The van der Waals surface area contributed by atoms with E-state index >= 15 is 0 Å². The van der Waals surface area contributed by atoms with Gasteiger partial charge in [0.25, 0.3) is 5.91 Å². The Morgan fingerprint density at radius 2 is 1.92 bits per heavy atom. The largest absolute Gasteiger partial charge is 0.573 e. The second-order valence-electron chi connectivity index (χ2n) is 9.81. The van der Waals surface area contributed by atoms with Crippen LogP contribution in [0, 0.1) is 24.7 Å². The second-order valence-corrected chi connectivity index (χ2v) is 11.0. The first-order valence-corrected chi connectivity index (χ1v) is 12.9. The van der Waals surface area contributed by atoms with E-state index < -0.39 is 12.3 Å². The SMILES string of the molecule is COc1ccc(CN2CC3C(Cc4sc(Cc5cccc(OC(F)(F)F)c5)nc4C(N)=O)C3C2)cc1C. The Balaban J connectivity index is 1.20. The maximum absolute atomic E-state index is 12.6. The van der Waals surface area contributed by atoms with Crippen LogP contribution in [0.15, 0.2) is 42.5 Å². The number of fused-ring (bicyclic) bond motifs is 1. The number of halogens is 3. The van der Waals surface area contributed by atoms with Gasteiger partial charge in [-0.05, 0) is 66.0 Å². The molecule has 37 heavy (non-hydrogen) atoms. The summed E-state index contributed by atoms with van der Waals surface area (Å²) in [5.74, 6) is 1.70. The summed E-state index contributed by atoms with van der Waals surface area (Å²) in [6.45, 7) is 4.99. The minimum absolute atomic E-state index is 0.276. The van der Waals surface area contributed by atoms with Crippen LogP contribution in [0.25, 0.3) is 0 Å². The van der Waals surface area contributed by atoms with Gasteiger partial charge in [0.1, 0.15) is 17.2 Å². The molecule has 1 aromatic heterocycles. The highest BCUT2D eigenvalue weighted by Gasteiger charge is 2.55. The number of nitrogens with zero attached hydrogens (tertiary/aromatic N) is 2. The van der Waals surface area contributed by atoms with Gasteiger partial charge in [-0.2, -0.15) is 0 Å². The number of aryl methyl sites for hydroxylation is 1. The Morgan fingerprint density at radius 3 is 2.57 bits per heavy atom. The molecular formula is C27H28F3N3O3S. The molecule has 1 amide bonds. The van der Waals surface area contributed by atoms with E-state index in [0.29, 0.717) is 34.7 Å². The zero-order chi connectivity index (χ0) is 26.3. The van der Waals surface area contributed by atoms with Crippen molar-refractivity contribution in [3.8, 4) is 11.5 Å².